The molecule has 0 N–H and O–H groups in total. The van der Waals surface area contributed by atoms with Gasteiger partial charge in [0.2, 0.25) is 0 Å². The molecule has 0 saturated carbocycles. The molecule has 3 heteroatoms. The number of nitrogens with zero attached hydrogens (tertiary/aromatic N) is 1. The number of pyridine rings is 1. The van der Waals surface area contributed by atoms with Gasteiger partial charge in [0.1, 0.15) is 0 Å². The molecule has 46 valence electrons. The molecule has 0 aliphatic carbocycles. The summed E-state index contributed by atoms with van der Waals surface area (Å²) in [6, 6.07) is 5.72. The number of rotatable bonds is 0. The van der Waals surface area contributed by atoms with Crippen LogP contribution in [0.5, 0.6) is 0 Å². The van der Waals surface area contributed by atoms with Crippen LogP contribution in [0.3, 0.4) is 0 Å². The summed E-state index contributed by atoms with van der Waals surface area (Å²) in [4.78, 5) is 3.78. The molecule has 0 spiro atoms. The topological polar surface area (TPSA) is 12.9 Å². The van der Waals surface area contributed by atoms with Crippen molar-refractivity contribution in [3.8, 4) is 0 Å². The van der Waals surface area contributed by atoms with E-state index in [1.165, 1.54) is 0 Å². The summed E-state index contributed by atoms with van der Waals surface area (Å²) >= 11 is 0. The van der Waals surface area contributed by atoms with Gasteiger partial charge in [-0.15, -0.1) is 0 Å². The van der Waals surface area contributed by atoms with Crippen LogP contribution in [-0.2, 0) is 34.1 Å². The zero-order valence-corrected chi connectivity index (χ0v) is 6.25. The fourth-order valence-corrected chi connectivity index (χ4v) is 0.313. The average molecular weight is 191 g/mol. The smallest absolute Gasteiger partial charge is 0.0267 e. The second-order valence-electron chi connectivity index (χ2n) is 1.02. The van der Waals surface area contributed by atoms with E-state index >= 15 is 0 Å². The minimum atomic E-state index is 0. The first-order valence-corrected chi connectivity index (χ1v) is 1.85. The van der Waals surface area contributed by atoms with Gasteiger partial charge < -0.3 is 0 Å². The Morgan fingerprint density at radius 2 is 1.25 bits per heavy atom. The van der Waals surface area contributed by atoms with Crippen LogP contribution in [0.15, 0.2) is 30.6 Å². The van der Waals surface area contributed by atoms with Gasteiger partial charge in [0.05, 0.1) is 0 Å². The van der Waals surface area contributed by atoms with Gasteiger partial charge in [0.15, 0.2) is 0 Å². The van der Waals surface area contributed by atoms with E-state index in [1.54, 1.807) is 12.4 Å². The second kappa shape index (κ2) is 7.19. The molecular formula is C5H5Fe2N. The molecule has 0 saturated heterocycles. The Morgan fingerprint density at radius 1 is 0.750 bits per heavy atom. The summed E-state index contributed by atoms with van der Waals surface area (Å²) in [6.07, 6.45) is 3.50. The standard InChI is InChI=1S/C5H5N.2Fe/c1-2-4-6-5-3-1;;/h1-5H;;. The van der Waals surface area contributed by atoms with Crippen LogP contribution in [0, 0.1) is 0 Å². The zero-order valence-electron chi connectivity index (χ0n) is 4.04. The molecule has 0 bridgehead atoms. The van der Waals surface area contributed by atoms with Gasteiger partial charge in [-0.3, -0.25) is 4.98 Å². The van der Waals surface area contributed by atoms with E-state index in [2.05, 4.69) is 4.98 Å². The zero-order chi connectivity index (χ0) is 4.24. The Balaban J connectivity index is 0. The minimum Gasteiger partial charge on any atom is -0.265 e. The van der Waals surface area contributed by atoms with Crippen molar-refractivity contribution in [2.75, 3.05) is 0 Å². The molecule has 0 aromatic carbocycles. The molecule has 1 heterocycles. The van der Waals surface area contributed by atoms with Gasteiger partial charge in [0.25, 0.3) is 0 Å². The summed E-state index contributed by atoms with van der Waals surface area (Å²) in [7, 11) is 0. The third-order valence-corrected chi connectivity index (χ3v) is 0.566. The first-order valence-electron chi connectivity index (χ1n) is 1.85. The summed E-state index contributed by atoms with van der Waals surface area (Å²) < 4.78 is 0. The van der Waals surface area contributed by atoms with Crippen LogP contribution in [0.4, 0.5) is 0 Å². The average Bonchev–Trinajstić information content (AvgIpc) is 1.72. The molecule has 0 aliphatic heterocycles. The molecule has 1 aromatic rings. The maximum absolute atomic E-state index is 3.78. The van der Waals surface area contributed by atoms with Crippen LogP contribution in [-0.4, -0.2) is 4.98 Å². The maximum Gasteiger partial charge on any atom is 0.0267 e. The van der Waals surface area contributed by atoms with Crippen molar-refractivity contribution < 1.29 is 34.1 Å². The van der Waals surface area contributed by atoms with Gasteiger partial charge in [-0.25, -0.2) is 0 Å². The molecule has 1 aromatic heterocycles. The van der Waals surface area contributed by atoms with Gasteiger partial charge in [-0.05, 0) is 12.1 Å². The Labute approximate surface area is 69.8 Å². The summed E-state index contributed by atoms with van der Waals surface area (Å²) in [5, 5.41) is 0. The largest absolute Gasteiger partial charge is 0.265 e. The van der Waals surface area contributed by atoms with Crippen molar-refractivity contribution in [1.29, 1.82) is 0 Å². The predicted octanol–water partition coefficient (Wildman–Crippen LogP) is 1.08. The Kier molecular flexibility index (Phi) is 9.93. The quantitative estimate of drug-likeness (QED) is 0.558. The van der Waals surface area contributed by atoms with E-state index in [1.807, 2.05) is 18.2 Å². The SMILES string of the molecule is [Fe].[Fe].c1ccncc1. The molecule has 1 nitrogen and oxygen atoms in total. The molecule has 8 heavy (non-hydrogen) atoms. The second-order valence-corrected chi connectivity index (χ2v) is 1.02. The molecular weight excluding hydrogens is 186 g/mol. The van der Waals surface area contributed by atoms with Gasteiger partial charge in [-0.1, -0.05) is 6.07 Å². The van der Waals surface area contributed by atoms with Crippen molar-refractivity contribution in [2.45, 2.75) is 0 Å². The van der Waals surface area contributed by atoms with Crippen LogP contribution in [0.2, 0.25) is 0 Å². The molecule has 0 unspecified atom stereocenters. The summed E-state index contributed by atoms with van der Waals surface area (Å²) in [6.45, 7) is 0. The predicted molar refractivity (Wildman–Crippen MR) is 24.2 cm³/mol. The van der Waals surface area contributed by atoms with Crippen LogP contribution >= 0.6 is 0 Å². The van der Waals surface area contributed by atoms with E-state index in [0.717, 1.165) is 0 Å². The van der Waals surface area contributed by atoms with Crippen molar-refractivity contribution in [1.82, 2.24) is 4.98 Å². The van der Waals surface area contributed by atoms with Gasteiger partial charge >= 0.3 is 0 Å². The number of hydrogen-bond acceptors (Lipinski definition) is 1. The van der Waals surface area contributed by atoms with Gasteiger partial charge in [0, 0.05) is 46.5 Å². The molecule has 0 aliphatic rings. The first-order chi connectivity index (χ1) is 3.00. The van der Waals surface area contributed by atoms with Crippen LogP contribution in [0.1, 0.15) is 0 Å². The Bertz CT molecular complexity index is 82.4. The third-order valence-electron chi connectivity index (χ3n) is 0.566. The first kappa shape index (κ1) is 11.0. The minimum absolute atomic E-state index is 0. The Morgan fingerprint density at radius 3 is 1.38 bits per heavy atom. The molecule has 0 atom stereocenters. The monoisotopic (exact) mass is 191 g/mol. The van der Waals surface area contributed by atoms with Crippen LogP contribution in [0.25, 0.3) is 0 Å². The maximum atomic E-state index is 3.78. The van der Waals surface area contributed by atoms with E-state index in [9.17, 15) is 0 Å². The summed E-state index contributed by atoms with van der Waals surface area (Å²) in [5.74, 6) is 0. The molecule has 0 fully saturated rings. The Hall–Kier alpha value is 0.189. The van der Waals surface area contributed by atoms with Crippen LogP contribution < -0.4 is 0 Å². The third kappa shape index (κ3) is 4.35. The van der Waals surface area contributed by atoms with Crippen molar-refractivity contribution in [3.63, 3.8) is 0 Å². The number of hydrogen-bond donors (Lipinski definition) is 0. The van der Waals surface area contributed by atoms with Crippen molar-refractivity contribution in [3.05, 3.63) is 30.6 Å². The van der Waals surface area contributed by atoms with E-state index < -0.39 is 0 Å². The number of aromatic nitrogens is 1. The summed E-state index contributed by atoms with van der Waals surface area (Å²) in [5.41, 5.74) is 0. The van der Waals surface area contributed by atoms with E-state index in [-0.39, 0.29) is 34.1 Å². The molecule has 1 rings (SSSR count). The molecule has 0 amide bonds. The van der Waals surface area contributed by atoms with Crippen molar-refractivity contribution >= 4 is 0 Å². The van der Waals surface area contributed by atoms with Crippen molar-refractivity contribution in [2.24, 2.45) is 0 Å². The van der Waals surface area contributed by atoms with E-state index in [4.69, 9.17) is 0 Å². The fourth-order valence-electron chi connectivity index (χ4n) is 0.313. The normalized spacial score (nSPS) is 6.00. The van der Waals surface area contributed by atoms with Gasteiger partial charge in [-0.2, -0.15) is 0 Å². The fraction of sp³-hybridized carbons (Fsp3) is 0. The molecule has 0 radical (unpaired) electrons. The van der Waals surface area contributed by atoms with E-state index in [0.29, 0.717) is 0 Å².